The fourth-order valence-corrected chi connectivity index (χ4v) is 1.90. The largest absolute Gasteiger partial charge is 0.416 e. The molecular formula is C16H16F3N. The van der Waals surface area contributed by atoms with E-state index in [1.807, 2.05) is 24.3 Å². The first-order valence-electron chi connectivity index (χ1n) is 6.48. The predicted molar refractivity (Wildman–Crippen MR) is 74.6 cm³/mol. The normalized spacial score (nSPS) is 11.4. The van der Waals surface area contributed by atoms with Crippen molar-refractivity contribution in [3.63, 3.8) is 0 Å². The van der Waals surface area contributed by atoms with Crippen LogP contribution in [-0.2, 0) is 19.1 Å². The van der Waals surface area contributed by atoms with Gasteiger partial charge in [0.1, 0.15) is 0 Å². The molecule has 106 valence electrons. The molecule has 0 saturated carbocycles. The third kappa shape index (κ3) is 3.76. The molecule has 0 saturated heterocycles. The number of benzene rings is 2. The van der Waals surface area contributed by atoms with Crippen LogP contribution in [0.1, 0.15) is 23.6 Å². The minimum atomic E-state index is -4.31. The molecule has 2 aromatic carbocycles. The summed E-state index contributed by atoms with van der Waals surface area (Å²) in [5.41, 5.74) is 2.12. The van der Waals surface area contributed by atoms with Crippen molar-refractivity contribution in [2.45, 2.75) is 26.1 Å². The highest BCUT2D eigenvalue weighted by molar-refractivity contribution is 5.47. The smallest absolute Gasteiger partial charge is 0.381 e. The lowest BCUT2D eigenvalue weighted by atomic mass is 10.1. The van der Waals surface area contributed by atoms with Gasteiger partial charge in [-0.1, -0.05) is 37.3 Å². The monoisotopic (exact) mass is 279 g/mol. The van der Waals surface area contributed by atoms with Gasteiger partial charge >= 0.3 is 6.18 Å². The molecule has 2 aromatic rings. The van der Waals surface area contributed by atoms with Crippen molar-refractivity contribution in [1.82, 2.24) is 0 Å². The first-order chi connectivity index (χ1) is 9.49. The summed E-state index contributed by atoms with van der Waals surface area (Å²) in [4.78, 5) is 0. The van der Waals surface area contributed by atoms with Gasteiger partial charge in [0.25, 0.3) is 0 Å². The lowest BCUT2D eigenvalue weighted by Crippen LogP contribution is -2.06. The summed E-state index contributed by atoms with van der Waals surface area (Å²) >= 11 is 0. The van der Waals surface area contributed by atoms with Crippen LogP contribution in [0.25, 0.3) is 0 Å². The minimum Gasteiger partial charge on any atom is -0.381 e. The van der Waals surface area contributed by atoms with Gasteiger partial charge in [-0.2, -0.15) is 13.2 Å². The lowest BCUT2D eigenvalue weighted by Gasteiger charge is -2.11. The summed E-state index contributed by atoms with van der Waals surface area (Å²) in [5.74, 6) is 0. The van der Waals surface area contributed by atoms with E-state index < -0.39 is 11.7 Å². The fourth-order valence-electron chi connectivity index (χ4n) is 1.90. The van der Waals surface area contributed by atoms with Crippen molar-refractivity contribution in [3.05, 3.63) is 65.2 Å². The van der Waals surface area contributed by atoms with Crippen LogP contribution in [0.3, 0.4) is 0 Å². The fraction of sp³-hybridized carbons (Fsp3) is 0.250. The molecule has 20 heavy (non-hydrogen) atoms. The van der Waals surface area contributed by atoms with Gasteiger partial charge in [-0.3, -0.25) is 0 Å². The van der Waals surface area contributed by atoms with Crippen LogP contribution in [0.4, 0.5) is 18.9 Å². The van der Waals surface area contributed by atoms with Crippen molar-refractivity contribution in [1.29, 1.82) is 0 Å². The summed E-state index contributed by atoms with van der Waals surface area (Å²) in [6.45, 7) is 2.58. The van der Waals surface area contributed by atoms with E-state index in [1.54, 1.807) is 6.07 Å². The second-order valence-corrected chi connectivity index (χ2v) is 4.60. The number of alkyl halides is 3. The van der Waals surface area contributed by atoms with Crippen molar-refractivity contribution in [2.75, 3.05) is 5.32 Å². The van der Waals surface area contributed by atoms with Gasteiger partial charge in [-0.05, 0) is 35.7 Å². The maximum atomic E-state index is 12.6. The Hall–Kier alpha value is -1.97. The standard InChI is InChI=1S/C16H16F3N/c1-2-12-6-8-13(9-7-12)11-20-15-5-3-4-14(10-15)16(17,18)19/h3-10,20H,2,11H2,1H3. The Kier molecular flexibility index (Phi) is 4.32. The van der Waals surface area contributed by atoms with Crippen LogP contribution in [0.15, 0.2) is 48.5 Å². The molecule has 1 N–H and O–H groups in total. The molecule has 0 radical (unpaired) electrons. The third-order valence-corrected chi connectivity index (χ3v) is 3.12. The van der Waals surface area contributed by atoms with E-state index in [2.05, 4.69) is 12.2 Å². The van der Waals surface area contributed by atoms with Gasteiger partial charge in [0.15, 0.2) is 0 Å². The van der Waals surface area contributed by atoms with E-state index in [1.165, 1.54) is 11.6 Å². The molecule has 0 spiro atoms. The third-order valence-electron chi connectivity index (χ3n) is 3.12. The first kappa shape index (κ1) is 14.4. The second-order valence-electron chi connectivity index (χ2n) is 4.60. The summed E-state index contributed by atoms with van der Waals surface area (Å²) in [7, 11) is 0. The van der Waals surface area contributed by atoms with Crippen molar-refractivity contribution < 1.29 is 13.2 Å². The van der Waals surface area contributed by atoms with E-state index in [0.717, 1.165) is 24.1 Å². The molecule has 0 unspecified atom stereocenters. The van der Waals surface area contributed by atoms with Crippen LogP contribution >= 0.6 is 0 Å². The average molecular weight is 279 g/mol. The zero-order chi connectivity index (χ0) is 14.6. The molecule has 0 aromatic heterocycles. The Morgan fingerprint density at radius 2 is 1.60 bits per heavy atom. The number of nitrogens with one attached hydrogen (secondary N) is 1. The van der Waals surface area contributed by atoms with Gasteiger partial charge < -0.3 is 5.32 Å². The van der Waals surface area contributed by atoms with Crippen molar-refractivity contribution in [3.8, 4) is 0 Å². The SMILES string of the molecule is CCc1ccc(CNc2cccc(C(F)(F)F)c2)cc1. The van der Waals surface area contributed by atoms with Crippen LogP contribution < -0.4 is 5.32 Å². The summed E-state index contributed by atoms with van der Waals surface area (Å²) in [5, 5.41) is 3.01. The van der Waals surface area contributed by atoms with Crippen LogP contribution in [0, 0.1) is 0 Å². The molecule has 4 heteroatoms. The minimum absolute atomic E-state index is 0.472. The molecule has 2 rings (SSSR count). The van der Waals surface area contributed by atoms with Crippen molar-refractivity contribution >= 4 is 5.69 Å². The topological polar surface area (TPSA) is 12.0 Å². The summed E-state index contributed by atoms with van der Waals surface area (Å²) in [6, 6.07) is 13.3. The molecule has 0 aliphatic rings. The first-order valence-corrected chi connectivity index (χ1v) is 6.48. The van der Waals surface area contributed by atoms with Gasteiger partial charge in [0.05, 0.1) is 5.56 Å². The highest BCUT2D eigenvalue weighted by Crippen LogP contribution is 2.30. The predicted octanol–water partition coefficient (Wildman–Crippen LogP) is 4.88. The average Bonchev–Trinajstić information content (AvgIpc) is 2.45. The number of halogens is 3. The number of anilines is 1. The Balaban J connectivity index is 2.03. The Morgan fingerprint density at radius 1 is 0.950 bits per heavy atom. The van der Waals surface area contributed by atoms with Crippen molar-refractivity contribution in [2.24, 2.45) is 0 Å². The molecule has 0 fully saturated rings. The Bertz CT molecular complexity index is 559. The molecule has 1 nitrogen and oxygen atoms in total. The highest BCUT2D eigenvalue weighted by Gasteiger charge is 2.30. The summed E-state index contributed by atoms with van der Waals surface area (Å²) in [6.07, 6.45) is -3.33. The van der Waals surface area contributed by atoms with Gasteiger partial charge in [-0.25, -0.2) is 0 Å². The Morgan fingerprint density at radius 3 is 2.20 bits per heavy atom. The molecule has 0 atom stereocenters. The maximum Gasteiger partial charge on any atom is 0.416 e. The molecule has 0 amide bonds. The molecular weight excluding hydrogens is 263 g/mol. The maximum absolute atomic E-state index is 12.6. The van der Waals surface area contributed by atoms with Crippen LogP contribution in [0.2, 0.25) is 0 Å². The van der Waals surface area contributed by atoms with E-state index in [9.17, 15) is 13.2 Å². The number of hydrogen-bond acceptors (Lipinski definition) is 1. The van der Waals surface area contributed by atoms with E-state index in [4.69, 9.17) is 0 Å². The zero-order valence-corrected chi connectivity index (χ0v) is 11.2. The number of hydrogen-bond donors (Lipinski definition) is 1. The zero-order valence-electron chi connectivity index (χ0n) is 11.2. The quantitative estimate of drug-likeness (QED) is 0.841. The molecule has 0 aliphatic heterocycles. The van der Waals surface area contributed by atoms with Crippen LogP contribution in [0.5, 0.6) is 0 Å². The Labute approximate surface area is 116 Å². The molecule has 0 bridgehead atoms. The number of rotatable bonds is 4. The van der Waals surface area contributed by atoms with E-state index >= 15 is 0 Å². The van der Waals surface area contributed by atoms with Gasteiger partial charge in [0.2, 0.25) is 0 Å². The van der Waals surface area contributed by atoms with Crippen LogP contribution in [-0.4, -0.2) is 0 Å². The lowest BCUT2D eigenvalue weighted by molar-refractivity contribution is -0.137. The highest BCUT2D eigenvalue weighted by atomic mass is 19.4. The van der Waals surface area contributed by atoms with E-state index in [-0.39, 0.29) is 0 Å². The molecule has 0 aliphatic carbocycles. The van der Waals surface area contributed by atoms with Gasteiger partial charge in [0, 0.05) is 12.2 Å². The number of aryl methyl sites for hydroxylation is 1. The molecule has 0 heterocycles. The summed E-state index contributed by atoms with van der Waals surface area (Å²) < 4.78 is 37.8. The second kappa shape index (κ2) is 5.99. The van der Waals surface area contributed by atoms with E-state index in [0.29, 0.717) is 12.2 Å². The van der Waals surface area contributed by atoms with Gasteiger partial charge in [-0.15, -0.1) is 0 Å².